The van der Waals surface area contributed by atoms with Crippen LogP contribution in [0.2, 0.25) is 5.02 Å². The molecule has 0 unspecified atom stereocenters. The van der Waals surface area contributed by atoms with Gasteiger partial charge in [-0.05, 0) is 53.7 Å². The Bertz CT molecular complexity index is 730. The van der Waals surface area contributed by atoms with Crippen LogP contribution in [0.15, 0.2) is 42.5 Å². The third-order valence-corrected chi connectivity index (χ3v) is 3.76. The van der Waals surface area contributed by atoms with Crippen LogP contribution < -0.4 is 10.6 Å². The van der Waals surface area contributed by atoms with E-state index >= 15 is 0 Å². The zero-order valence-corrected chi connectivity index (χ0v) is 12.7. The Hall–Kier alpha value is -1.91. The van der Waals surface area contributed by atoms with Crippen molar-refractivity contribution in [2.45, 2.75) is 12.8 Å². The predicted molar refractivity (Wildman–Crippen MR) is 90.2 cm³/mol. The fourth-order valence-electron chi connectivity index (χ4n) is 2.39. The summed E-state index contributed by atoms with van der Waals surface area (Å²) in [5, 5.41) is 7.34. The molecule has 0 amide bonds. The van der Waals surface area contributed by atoms with E-state index in [2.05, 4.69) is 10.6 Å². The van der Waals surface area contributed by atoms with Crippen LogP contribution in [0.25, 0.3) is 0 Å². The quantitative estimate of drug-likeness (QED) is 0.827. The molecule has 3 nitrogen and oxygen atoms in total. The maximum absolute atomic E-state index is 11.4. The van der Waals surface area contributed by atoms with Crippen molar-refractivity contribution in [3.63, 3.8) is 0 Å². The van der Waals surface area contributed by atoms with E-state index in [1.807, 2.05) is 30.3 Å². The molecule has 0 saturated carbocycles. The molecule has 0 saturated heterocycles. The average Bonchev–Trinajstić information content (AvgIpc) is 2.78. The molecule has 2 N–H and O–H groups in total. The van der Waals surface area contributed by atoms with Crippen molar-refractivity contribution in [2.75, 3.05) is 10.6 Å². The van der Waals surface area contributed by atoms with E-state index in [1.165, 1.54) is 0 Å². The molecule has 2 aromatic rings. The van der Waals surface area contributed by atoms with Crippen molar-refractivity contribution in [1.82, 2.24) is 0 Å². The zero-order valence-electron chi connectivity index (χ0n) is 11.2. The van der Waals surface area contributed by atoms with Crippen LogP contribution >= 0.6 is 23.8 Å². The molecule has 0 aliphatic heterocycles. The van der Waals surface area contributed by atoms with Gasteiger partial charge in [0.2, 0.25) is 0 Å². The Balaban J connectivity index is 1.68. The van der Waals surface area contributed by atoms with Crippen LogP contribution in [-0.4, -0.2) is 10.9 Å². The Kier molecular flexibility index (Phi) is 3.90. The SMILES string of the molecule is O=C1Cc2ccc(NC(=S)Nc3cccc(Cl)c3)cc2C1. The molecule has 0 fully saturated rings. The number of nitrogens with one attached hydrogen (secondary N) is 2. The Morgan fingerprint density at radius 1 is 1.00 bits per heavy atom. The summed E-state index contributed by atoms with van der Waals surface area (Å²) in [6, 6.07) is 13.2. The number of benzene rings is 2. The van der Waals surface area contributed by atoms with E-state index in [0.717, 1.165) is 22.5 Å². The normalized spacial score (nSPS) is 12.9. The van der Waals surface area contributed by atoms with Crippen molar-refractivity contribution in [3.8, 4) is 0 Å². The molecular formula is C16H13ClN2OS. The first-order valence-corrected chi connectivity index (χ1v) is 7.36. The molecular weight excluding hydrogens is 304 g/mol. The van der Waals surface area contributed by atoms with Crippen LogP contribution in [0.5, 0.6) is 0 Å². The van der Waals surface area contributed by atoms with Gasteiger partial charge in [-0.3, -0.25) is 4.79 Å². The summed E-state index contributed by atoms with van der Waals surface area (Å²) in [6.45, 7) is 0. The van der Waals surface area contributed by atoms with Gasteiger partial charge in [0.1, 0.15) is 5.78 Å². The van der Waals surface area contributed by atoms with Gasteiger partial charge < -0.3 is 10.6 Å². The number of carbonyl (C=O) groups is 1. The van der Waals surface area contributed by atoms with Crippen molar-refractivity contribution in [1.29, 1.82) is 0 Å². The summed E-state index contributed by atoms with van der Waals surface area (Å²) in [7, 11) is 0. The Labute approximate surface area is 133 Å². The first-order chi connectivity index (χ1) is 10.1. The average molecular weight is 317 g/mol. The lowest BCUT2D eigenvalue weighted by atomic mass is 10.1. The lowest BCUT2D eigenvalue weighted by molar-refractivity contribution is -0.117. The minimum Gasteiger partial charge on any atom is -0.332 e. The highest BCUT2D eigenvalue weighted by molar-refractivity contribution is 7.80. The highest BCUT2D eigenvalue weighted by Crippen LogP contribution is 2.23. The largest absolute Gasteiger partial charge is 0.332 e. The summed E-state index contributed by atoms with van der Waals surface area (Å²) < 4.78 is 0. The number of thiocarbonyl (C=S) groups is 1. The molecule has 2 aromatic carbocycles. The number of rotatable bonds is 2. The summed E-state index contributed by atoms with van der Waals surface area (Å²) in [5.74, 6) is 0.266. The molecule has 0 spiro atoms. The number of carbonyl (C=O) groups excluding carboxylic acids is 1. The Morgan fingerprint density at radius 2 is 1.71 bits per heavy atom. The van der Waals surface area contributed by atoms with Crippen LogP contribution in [0.3, 0.4) is 0 Å². The van der Waals surface area contributed by atoms with Crippen LogP contribution in [0.4, 0.5) is 11.4 Å². The van der Waals surface area contributed by atoms with Gasteiger partial charge in [-0.15, -0.1) is 0 Å². The highest BCUT2D eigenvalue weighted by atomic mass is 35.5. The molecule has 1 aliphatic carbocycles. The van der Waals surface area contributed by atoms with E-state index in [1.54, 1.807) is 12.1 Å². The van der Waals surface area contributed by atoms with Gasteiger partial charge in [-0.2, -0.15) is 0 Å². The van der Waals surface area contributed by atoms with E-state index < -0.39 is 0 Å². The van der Waals surface area contributed by atoms with Crippen molar-refractivity contribution >= 4 is 46.1 Å². The molecule has 21 heavy (non-hydrogen) atoms. The first-order valence-electron chi connectivity index (χ1n) is 6.57. The number of ketones is 1. The van der Waals surface area contributed by atoms with Crippen LogP contribution in [0.1, 0.15) is 11.1 Å². The maximum atomic E-state index is 11.4. The molecule has 0 atom stereocenters. The fourth-order valence-corrected chi connectivity index (χ4v) is 2.81. The third kappa shape index (κ3) is 3.40. The minimum absolute atomic E-state index is 0.266. The lowest BCUT2D eigenvalue weighted by Crippen LogP contribution is -2.19. The second-order valence-corrected chi connectivity index (χ2v) is 5.81. The van der Waals surface area contributed by atoms with Gasteiger partial charge in [0.15, 0.2) is 5.11 Å². The monoisotopic (exact) mass is 316 g/mol. The molecule has 0 radical (unpaired) electrons. The summed E-state index contributed by atoms with van der Waals surface area (Å²) in [4.78, 5) is 11.4. The van der Waals surface area contributed by atoms with Crippen molar-refractivity contribution in [2.24, 2.45) is 0 Å². The number of hydrogen-bond donors (Lipinski definition) is 2. The second-order valence-electron chi connectivity index (χ2n) is 4.97. The van der Waals surface area contributed by atoms with E-state index in [9.17, 15) is 4.79 Å². The van der Waals surface area contributed by atoms with Gasteiger partial charge in [-0.25, -0.2) is 0 Å². The molecule has 0 bridgehead atoms. The predicted octanol–water partition coefficient (Wildman–Crippen LogP) is 3.82. The molecule has 3 rings (SSSR count). The summed E-state index contributed by atoms with van der Waals surface area (Å²) >= 11 is 11.2. The number of halogens is 1. The van der Waals surface area contributed by atoms with Gasteiger partial charge in [0.25, 0.3) is 0 Å². The number of fused-ring (bicyclic) bond motifs is 1. The van der Waals surface area contributed by atoms with Gasteiger partial charge >= 0.3 is 0 Å². The number of hydrogen-bond acceptors (Lipinski definition) is 2. The summed E-state index contributed by atoms with van der Waals surface area (Å²) in [5.41, 5.74) is 3.90. The second kappa shape index (κ2) is 5.84. The van der Waals surface area contributed by atoms with Gasteiger partial charge in [0.05, 0.1) is 0 Å². The molecule has 1 aliphatic rings. The molecule has 0 aromatic heterocycles. The molecule has 106 valence electrons. The minimum atomic E-state index is 0.266. The van der Waals surface area contributed by atoms with Crippen molar-refractivity contribution in [3.05, 3.63) is 58.6 Å². The highest BCUT2D eigenvalue weighted by Gasteiger charge is 2.18. The third-order valence-electron chi connectivity index (χ3n) is 3.32. The maximum Gasteiger partial charge on any atom is 0.175 e. The Morgan fingerprint density at radius 3 is 2.48 bits per heavy atom. The van der Waals surface area contributed by atoms with E-state index in [0.29, 0.717) is 23.0 Å². The van der Waals surface area contributed by atoms with Gasteiger partial charge in [-0.1, -0.05) is 23.7 Å². The smallest absolute Gasteiger partial charge is 0.175 e. The fraction of sp³-hybridized carbons (Fsp3) is 0.125. The lowest BCUT2D eigenvalue weighted by Gasteiger charge is -2.11. The zero-order chi connectivity index (χ0) is 14.8. The van der Waals surface area contributed by atoms with Crippen LogP contribution in [0, 0.1) is 0 Å². The number of Topliss-reactive ketones (excluding diaryl/α,β-unsaturated/α-hetero) is 1. The summed E-state index contributed by atoms with van der Waals surface area (Å²) in [6.07, 6.45) is 1.06. The standard InChI is InChI=1S/C16H13ClN2OS/c17-12-2-1-3-13(9-12)18-16(21)19-14-5-4-10-7-15(20)8-11(10)6-14/h1-6,9H,7-8H2,(H2,18,19,21). The van der Waals surface area contributed by atoms with Gasteiger partial charge in [0, 0.05) is 29.2 Å². The molecule has 0 heterocycles. The van der Waals surface area contributed by atoms with E-state index in [4.69, 9.17) is 23.8 Å². The van der Waals surface area contributed by atoms with Crippen LogP contribution in [-0.2, 0) is 17.6 Å². The number of anilines is 2. The molecule has 5 heteroatoms. The van der Waals surface area contributed by atoms with E-state index in [-0.39, 0.29) is 5.78 Å². The van der Waals surface area contributed by atoms with Crippen molar-refractivity contribution < 1.29 is 4.79 Å². The topological polar surface area (TPSA) is 41.1 Å². The first kappa shape index (κ1) is 14.0.